The predicted octanol–water partition coefficient (Wildman–Crippen LogP) is 4.27. The Balaban J connectivity index is 2.22. The lowest BCUT2D eigenvalue weighted by atomic mass is 9.85. The van der Waals surface area contributed by atoms with Crippen LogP contribution < -0.4 is 15.9 Å². The summed E-state index contributed by atoms with van der Waals surface area (Å²) in [4.78, 5) is 41.4. The average Bonchev–Trinajstić information content (AvgIpc) is 2.84. The number of ketones is 1. The van der Waals surface area contributed by atoms with Crippen LogP contribution in [0, 0.1) is 9.54 Å². The number of nitrogens with zero attached hydrogens (tertiary/aromatic N) is 4. The largest absolute Gasteiger partial charge is 0.423 e. The van der Waals surface area contributed by atoms with E-state index in [4.69, 9.17) is 29.2 Å². The Morgan fingerprint density at radius 2 is 1.18 bits per heavy atom. The molecule has 1 aromatic carbocycles. The number of rotatable bonds is 6. The van der Waals surface area contributed by atoms with Gasteiger partial charge in [-0.3, -0.25) is 32.7 Å². The number of benzene rings is 1. The predicted molar refractivity (Wildman–Crippen MR) is 134 cm³/mol. The highest BCUT2D eigenvalue weighted by Crippen LogP contribution is 2.42. The van der Waals surface area contributed by atoms with Gasteiger partial charge in [0.05, 0.1) is 17.0 Å². The van der Waals surface area contributed by atoms with Gasteiger partial charge in [-0.15, -0.1) is 0 Å². The Labute approximate surface area is 206 Å². The van der Waals surface area contributed by atoms with Gasteiger partial charge >= 0.3 is 0 Å². The van der Waals surface area contributed by atoms with E-state index >= 15 is 0 Å². The molecule has 8 nitrogen and oxygen atoms in total. The number of Topliss-reactive ketones (excluding diaryl/α,β-unsaturated/α-hetero) is 1. The van der Waals surface area contributed by atoms with Crippen molar-refractivity contribution >= 4 is 30.2 Å². The lowest BCUT2D eigenvalue weighted by molar-refractivity contribution is 0.0965. The summed E-state index contributed by atoms with van der Waals surface area (Å²) in [5.74, 6) is -1.13. The van der Waals surface area contributed by atoms with Gasteiger partial charge in [-0.2, -0.15) is 0 Å². The summed E-state index contributed by atoms with van der Waals surface area (Å²) < 4.78 is 13.1. The van der Waals surface area contributed by atoms with Crippen LogP contribution in [0.25, 0.3) is 0 Å². The molecule has 10 heteroatoms. The molecule has 0 N–H and O–H groups in total. The third kappa shape index (κ3) is 3.43. The highest BCUT2D eigenvalue weighted by atomic mass is 32.1. The Morgan fingerprint density at radius 3 is 1.56 bits per heavy atom. The van der Waals surface area contributed by atoms with Crippen LogP contribution in [0.5, 0.6) is 11.8 Å². The first-order valence-electron chi connectivity index (χ1n) is 11.3. The molecule has 3 aromatic rings. The van der Waals surface area contributed by atoms with Crippen LogP contribution in [0.15, 0.2) is 39.9 Å². The first kappa shape index (κ1) is 24.0. The van der Waals surface area contributed by atoms with Gasteiger partial charge in [0, 0.05) is 31.7 Å². The molecule has 0 saturated carbocycles. The number of hydrogen-bond acceptors (Lipinski definition) is 6. The summed E-state index contributed by atoms with van der Waals surface area (Å²) in [6.45, 7) is 8.88. The van der Waals surface area contributed by atoms with Crippen molar-refractivity contribution in [1.29, 1.82) is 0 Å². The maximum absolute atomic E-state index is 14.0. The molecule has 0 unspecified atom stereocenters. The fourth-order valence-electron chi connectivity index (χ4n) is 4.50. The normalized spacial score (nSPS) is 12.7. The first-order chi connectivity index (χ1) is 16.3. The molecule has 0 spiro atoms. The number of hydrogen-bond donors (Lipinski definition) is 0. The standard InChI is InChI=1S/C24H26N4O4S2/c1-5-25-19(30)16-15(18(29)14-12-10-9-11-13-14)17-20(31)26(6-2)24(34)28(8-4)22(17)32-21(16)27(7-3)23(25)33/h9-13,15H,5-8H2,1-4H3. The zero-order valence-electron chi connectivity index (χ0n) is 19.5. The summed E-state index contributed by atoms with van der Waals surface area (Å²) in [6, 6.07) is 8.66. The SMILES string of the molecule is CCn1c2c(c(=O)n(CC)c1=S)C(C(=O)c1ccccc1)c1c(n(CC)c(=S)n(CC)c1=O)O2. The van der Waals surface area contributed by atoms with Crippen LogP contribution in [0.2, 0.25) is 0 Å². The second-order valence-corrected chi connectivity index (χ2v) is 8.59. The molecular weight excluding hydrogens is 472 g/mol. The fraction of sp³-hybridized carbons (Fsp3) is 0.375. The molecule has 3 heterocycles. The number of ether oxygens (including phenoxy) is 1. The van der Waals surface area contributed by atoms with Crippen molar-refractivity contribution in [3.63, 3.8) is 0 Å². The maximum Gasteiger partial charge on any atom is 0.262 e. The number of fused-ring (bicyclic) bond motifs is 2. The van der Waals surface area contributed by atoms with Gasteiger partial charge in [0.25, 0.3) is 11.1 Å². The smallest absolute Gasteiger partial charge is 0.262 e. The minimum atomic E-state index is -1.15. The van der Waals surface area contributed by atoms with Crippen LogP contribution in [-0.4, -0.2) is 24.1 Å². The molecule has 34 heavy (non-hydrogen) atoms. The van der Waals surface area contributed by atoms with E-state index in [1.165, 1.54) is 9.13 Å². The molecule has 0 radical (unpaired) electrons. The summed E-state index contributed by atoms with van der Waals surface area (Å²) >= 11 is 11.2. The summed E-state index contributed by atoms with van der Waals surface area (Å²) in [5.41, 5.74) is -0.219. The number of aromatic nitrogens is 4. The van der Waals surface area contributed by atoms with Crippen molar-refractivity contribution in [3.05, 3.63) is 77.3 Å². The second kappa shape index (κ2) is 9.27. The summed E-state index contributed by atoms with van der Waals surface area (Å²) in [5, 5.41) is 0. The average molecular weight is 499 g/mol. The third-order valence-electron chi connectivity index (χ3n) is 6.18. The molecule has 0 saturated heterocycles. The van der Waals surface area contributed by atoms with Gasteiger partial charge < -0.3 is 4.74 Å². The third-order valence-corrected chi connectivity index (χ3v) is 7.06. The van der Waals surface area contributed by atoms with Crippen molar-refractivity contribution in [1.82, 2.24) is 18.3 Å². The van der Waals surface area contributed by atoms with Crippen molar-refractivity contribution in [3.8, 4) is 11.8 Å². The Morgan fingerprint density at radius 1 is 0.765 bits per heavy atom. The Bertz CT molecular complexity index is 1440. The van der Waals surface area contributed by atoms with Gasteiger partial charge in [0.15, 0.2) is 15.3 Å². The summed E-state index contributed by atoms with van der Waals surface area (Å²) in [6.07, 6.45) is 0. The van der Waals surface area contributed by atoms with Crippen molar-refractivity contribution in [2.45, 2.75) is 59.8 Å². The van der Waals surface area contributed by atoms with Crippen molar-refractivity contribution in [2.24, 2.45) is 0 Å². The van der Waals surface area contributed by atoms with E-state index in [-0.39, 0.29) is 28.7 Å². The quantitative estimate of drug-likeness (QED) is 0.373. The fourth-order valence-corrected chi connectivity index (χ4v) is 5.35. The molecule has 1 aliphatic heterocycles. The van der Waals surface area contributed by atoms with Crippen LogP contribution >= 0.6 is 24.4 Å². The molecular formula is C24H26N4O4S2. The van der Waals surface area contributed by atoms with Gasteiger partial charge in [0.2, 0.25) is 11.8 Å². The zero-order valence-corrected chi connectivity index (χ0v) is 21.2. The topological polar surface area (TPSA) is 80.2 Å². The molecule has 0 atom stereocenters. The molecule has 0 aliphatic carbocycles. The minimum absolute atomic E-state index is 0.123. The van der Waals surface area contributed by atoms with E-state index in [2.05, 4.69) is 0 Å². The summed E-state index contributed by atoms with van der Waals surface area (Å²) in [7, 11) is 0. The molecule has 1 aliphatic rings. The lowest BCUT2D eigenvalue weighted by Crippen LogP contribution is -2.40. The van der Waals surface area contributed by atoms with Gasteiger partial charge in [0.1, 0.15) is 0 Å². The van der Waals surface area contributed by atoms with E-state index in [1.54, 1.807) is 39.5 Å². The monoisotopic (exact) mass is 498 g/mol. The van der Waals surface area contributed by atoms with Crippen LogP contribution in [-0.2, 0) is 26.2 Å². The van der Waals surface area contributed by atoms with Gasteiger partial charge in [-0.05, 0) is 52.1 Å². The second-order valence-electron chi connectivity index (χ2n) is 7.86. The number of carbonyl (C=O) groups is 1. The highest BCUT2D eigenvalue weighted by molar-refractivity contribution is 7.71. The van der Waals surface area contributed by atoms with Crippen molar-refractivity contribution < 1.29 is 9.53 Å². The van der Waals surface area contributed by atoms with E-state index in [9.17, 15) is 14.4 Å². The molecule has 0 fully saturated rings. The molecule has 0 bridgehead atoms. The van der Waals surface area contributed by atoms with Crippen LogP contribution in [0.1, 0.15) is 55.1 Å². The van der Waals surface area contributed by atoms with E-state index in [0.29, 0.717) is 41.3 Å². The zero-order chi connectivity index (χ0) is 24.7. The molecule has 2 aromatic heterocycles. The van der Waals surface area contributed by atoms with Gasteiger partial charge in [-0.25, -0.2) is 0 Å². The minimum Gasteiger partial charge on any atom is -0.423 e. The molecule has 178 valence electrons. The van der Waals surface area contributed by atoms with Crippen molar-refractivity contribution in [2.75, 3.05) is 0 Å². The van der Waals surface area contributed by atoms with Crippen LogP contribution in [0.4, 0.5) is 0 Å². The maximum atomic E-state index is 14.0. The molecule has 4 rings (SSSR count). The lowest BCUT2D eigenvalue weighted by Gasteiger charge is -2.31. The highest BCUT2D eigenvalue weighted by Gasteiger charge is 2.42. The van der Waals surface area contributed by atoms with Gasteiger partial charge in [-0.1, -0.05) is 30.3 Å². The Hall–Kier alpha value is -3.11. The Kier molecular flexibility index (Phi) is 6.55. The van der Waals surface area contributed by atoms with Crippen LogP contribution in [0.3, 0.4) is 0 Å². The van der Waals surface area contributed by atoms with E-state index in [0.717, 1.165) is 0 Å². The van der Waals surface area contributed by atoms with E-state index in [1.807, 2.05) is 27.7 Å². The molecule has 0 amide bonds. The number of carbonyl (C=O) groups excluding carboxylic acids is 1. The van der Waals surface area contributed by atoms with E-state index < -0.39 is 17.0 Å². The first-order valence-corrected chi connectivity index (χ1v) is 12.2.